The first kappa shape index (κ1) is 14.5. The number of nitrogens with two attached hydrogens (primary N) is 1. The maximum Gasteiger partial charge on any atom is 0.244 e. The van der Waals surface area contributed by atoms with E-state index >= 15 is 0 Å². The smallest absolute Gasteiger partial charge is 0.244 e. The van der Waals surface area contributed by atoms with Crippen molar-refractivity contribution in [2.75, 3.05) is 5.73 Å². The first-order chi connectivity index (χ1) is 9.31. The van der Waals surface area contributed by atoms with Crippen LogP contribution in [0.2, 0.25) is 0 Å². The number of hydrogen-bond acceptors (Lipinski definition) is 4. The van der Waals surface area contributed by atoms with E-state index in [1.54, 1.807) is 13.1 Å². The quantitative estimate of drug-likeness (QED) is 0.744. The van der Waals surface area contributed by atoms with Gasteiger partial charge in [-0.3, -0.25) is 5.10 Å². The number of aromatic nitrogens is 2. The highest BCUT2D eigenvalue weighted by molar-refractivity contribution is 7.89. The molecule has 0 saturated heterocycles. The fourth-order valence-electron chi connectivity index (χ4n) is 1.82. The lowest BCUT2D eigenvalue weighted by atomic mass is 10.2. The Labute approximate surface area is 116 Å². The molecule has 0 aliphatic heterocycles. The number of anilines is 1. The van der Waals surface area contributed by atoms with Gasteiger partial charge in [0.15, 0.2) is 0 Å². The van der Waals surface area contributed by atoms with E-state index in [2.05, 4.69) is 14.9 Å². The van der Waals surface area contributed by atoms with Gasteiger partial charge in [0.05, 0.1) is 6.20 Å². The third kappa shape index (κ3) is 2.81. The van der Waals surface area contributed by atoms with Crippen LogP contribution in [0.1, 0.15) is 24.1 Å². The van der Waals surface area contributed by atoms with E-state index in [1.165, 1.54) is 19.2 Å². The Hall–Kier alpha value is -1.93. The topological polar surface area (TPSA) is 101 Å². The van der Waals surface area contributed by atoms with Crippen molar-refractivity contribution in [2.45, 2.75) is 24.8 Å². The maximum absolute atomic E-state index is 14.0. The summed E-state index contributed by atoms with van der Waals surface area (Å²) >= 11 is 0. The summed E-state index contributed by atoms with van der Waals surface area (Å²) in [5.41, 5.74) is 6.60. The molecule has 2 rings (SSSR count). The fraction of sp³-hybridized carbons (Fsp3) is 0.250. The zero-order valence-electron chi connectivity index (χ0n) is 11.0. The number of H-pyrrole nitrogens is 1. The Morgan fingerprint density at radius 3 is 2.75 bits per heavy atom. The van der Waals surface area contributed by atoms with Gasteiger partial charge in [-0.15, -0.1) is 0 Å². The third-order valence-corrected chi connectivity index (χ3v) is 4.42. The van der Waals surface area contributed by atoms with Crippen molar-refractivity contribution >= 4 is 15.7 Å². The van der Waals surface area contributed by atoms with Crippen LogP contribution >= 0.6 is 0 Å². The van der Waals surface area contributed by atoms with E-state index in [4.69, 9.17) is 5.73 Å². The molecule has 108 valence electrons. The van der Waals surface area contributed by atoms with Crippen LogP contribution < -0.4 is 10.5 Å². The molecule has 0 amide bonds. The highest BCUT2D eigenvalue weighted by Gasteiger charge is 2.24. The molecule has 0 radical (unpaired) electrons. The number of aryl methyl sites for hydroxylation is 1. The van der Waals surface area contributed by atoms with Crippen LogP contribution in [-0.4, -0.2) is 18.6 Å². The van der Waals surface area contributed by atoms with E-state index < -0.39 is 26.8 Å². The van der Waals surface area contributed by atoms with Gasteiger partial charge in [-0.2, -0.15) is 5.10 Å². The molecule has 0 aliphatic carbocycles. The molecule has 1 unspecified atom stereocenters. The van der Waals surface area contributed by atoms with Crippen molar-refractivity contribution in [3.05, 3.63) is 41.5 Å². The number of rotatable bonds is 4. The van der Waals surface area contributed by atoms with E-state index in [0.29, 0.717) is 5.56 Å². The third-order valence-electron chi connectivity index (χ3n) is 2.88. The van der Waals surface area contributed by atoms with E-state index in [-0.39, 0.29) is 11.3 Å². The lowest BCUT2D eigenvalue weighted by Gasteiger charge is -2.14. The molecule has 0 spiro atoms. The molecule has 20 heavy (non-hydrogen) atoms. The average molecular weight is 298 g/mol. The molecule has 1 heterocycles. The second kappa shape index (κ2) is 5.22. The predicted octanol–water partition coefficient (Wildman–Crippen LogP) is 1.48. The van der Waals surface area contributed by atoms with Crippen LogP contribution in [-0.2, 0) is 10.0 Å². The molecular formula is C12H15FN4O2S. The van der Waals surface area contributed by atoms with E-state index in [0.717, 1.165) is 6.07 Å². The molecule has 1 aromatic heterocycles. The lowest BCUT2D eigenvalue weighted by Crippen LogP contribution is -2.27. The highest BCUT2D eigenvalue weighted by atomic mass is 32.2. The van der Waals surface area contributed by atoms with Gasteiger partial charge in [0, 0.05) is 23.5 Å². The number of hydrogen-bond donors (Lipinski definition) is 3. The van der Waals surface area contributed by atoms with Crippen molar-refractivity contribution in [2.24, 2.45) is 0 Å². The van der Waals surface area contributed by atoms with Crippen LogP contribution in [0, 0.1) is 12.7 Å². The minimum absolute atomic E-state index is 0.182. The molecule has 0 aliphatic rings. The molecule has 0 bridgehead atoms. The Morgan fingerprint density at radius 1 is 1.45 bits per heavy atom. The normalized spacial score (nSPS) is 13.3. The summed E-state index contributed by atoms with van der Waals surface area (Å²) in [6, 6.07) is 1.94. The second-order valence-electron chi connectivity index (χ2n) is 4.52. The van der Waals surface area contributed by atoms with Gasteiger partial charge in [0.25, 0.3) is 0 Å². The van der Waals surface area contributed by atoms with Crippen molar-refractivity contribution in [3.8, 4) is 0 Å². The maximum atomic E-state index is 14.0. The minimum atomic E-state index is -4.01. The van der Waals surface area contributed by atoms with Crippen molar-refractivity contribution in [1.29, 1.82) is 0 Å². The van der Waals surface area contributed by atoms with Crippen LogP contribution in [0.4, 0.5) is 10.1 Å². The Balaban J connectivity index is 2.36. The Kier molecular flexibility index (Phi) is 3.78. The molecule has 4 N–H and O–H groups in total. The standard InChI is InChI=1S/C12H15FN4O2S/c1-7-3-10(14)4-11(12(7)13)20(18,19)17-8(2)9-5-15-16-6-9/h3-6,8,17H,14H2,1-2H3,(H,15,16). The highest BCUT2D eigenvalue weighted by Crippen LogP contribution is 2.23. The fourth-order valence-corrected chi connectivity index (χ4v) is 3.24. The molecule has 0 fully saturated rings. The van der Waals surface area contributed by atoms with Crippen molar-refractivity contribution in [1.82, 2.24) is 14.9 Å². The van der Waals surface area contributed by atoms with Gasteiger partial charge in [-0.05, 0) is 31.5 Å². The van der Waals surface area contributed by atoms with Crippen molar-refractivity contribution in [3.63, 3.8) is 0 Å². The Bertz CT molecular complexity index is 713. The molecule has 1 aromatic carbocycles. The first-order valence-corrected chi connectivity index (χ1v) is 7.36. The monoisotopic (exact) mass is 298 g/mol. The number of benzene rings is 1. The van der Waals surface area contributed by atoms with Gasteiger partial charge < -0.3 is 5.73 Å². The van der Waals surface area contributed by atoms with E-state index in [1.807, 2.05) is 0 Å². The van der Waals surface area contributed by atoms with E-state index in [9.17, 15) is 12.8 Å². The number of nitrogen functional groups attached to an aromatic ring is 1. The number of nitrogens with one attached hydrogen (secondary N) is 2. The summed E-state index contributed by atoms with van der Waals surface area (Å²) in [6.45, 7) is 3.10. The summed E-state index contributed by atoms with van der Waals surface area (Å²) in [5.74, 6) is -0.800. The second-order valence-corrected chi connectivity index (χ2v) is 6.21. The molecular weight excluding hydrogens is 283 g/mol. The molecule has 8 heteroatoms. The van der Waals surface area contributed by atoms with Crippen LogP contribution in [0.15, 0.2) is 29.4 Å². The van der Waals surface area contributed by atoms with Gasteiger partial charge >= 0.3 is 0 Å². The molecule has 1 atom stereocenters. The van der Waals surface area contributed by atoms with Gasteiger partial charge in [0.2, 0.25) is 10.0 Å². The number of halogens is 1. The molecule has 6 nitrogen and oxygen atoms in total. The van der Waals surface area contributed by atoms with Crippen molar-refractivity contribution < 1.29 is 12.8 Å². The SMILES string of the molecule is Cc1cc(N)cc(S(=O)(=O)NC(C)c2cn[nH]c2)c1F. The van der Waals surface area contributed by atoms with Crippen LogP contribution in [0.25, 0.3) is 0 Å². The van der Waals surface area contributed by atoms with Crippen LogP contribution in [0.3, 0.4) is 0 Å². The first-order valence-electron chi connectivity index (χ1n) is 5.88. The molecule has 0 saturated carbocycles. The zero-order valence-corrected chi connectivity index (χ0v) is 11.8. The largest absolute Gasteiger partial charge is 0.399 e. The van der Waals surface area contributed by atoms with Crippen LogP contribution in [0.5, 0.6) is 0 Å². The predicted molar refractivity (Wildman–Crippen MR) is 72.9 cm³/mol. The number of nitrogens with zero attached hydrogens (tertiary/aromatic N) is 1. The Morgan fingerprint density at radius 2 is 2.15 bits per heavy atom. The summed E-state index contributed by atoms with van der Waals surface area (Å²) in [4.78, 5) is -0.453. The zero-order chi connectivity index (χ0) is 14.9. The average Bonchev–Trinajstić information content (AvgIpc) is 2.86. The minimum Gasteiger partial charge on any atom is -0.399 e. The lowest BCUT2D eigenvalue weighted by molar-refractivity contribution is 0.544. The summed E-state index contributed by atoms with van der Waals surface area (Å²) in [5, 5.41) is 6.32. The van der Waals surface area contributed by atoms with Gasteiger partial charge in [-0.1, -0.05) is 0 Å². The number of aromatic amines is 1. The molecule has 2 aromatic rings. The van der Waals surface area contributed by atoms with Gasteiger partial charge in [-0.25, -0.2) is 17.5 Å². The summed E-state index contributed by atoms with van der Waals surface area (Å²) < 4.78 is 40.8. The summed E-state index contributed by atoms with van der Waals surface area (Å²) in [6.07, 6.45) is 3.06. The number of sulfonamides is 1. The van der Waals surface area contributed by atoms with Gasteiger partial charge in [0.1, 0.15) is 10.7 Å². The summed E-state index contributed by atoms with van der Waals surface area (Å²) in [7, 11) is -4.01.